The molecule has 184 valence electrons. The molecule has 5 aromatic carbocycles. The lowest BCUT2D eigenvalue weighted by Crippen LogP contribution is -1.99. The lowest BCUT2D eigenvalue weighted by atomic mass is 10.0. The maximum absolute atomic E-state index is 6.31. The molecular formula is C34H27N3O. The SMILES string of the molecule is Cc1ccc(-c2cc(N=Cc3c(OCc4ccccc4)ccc4ccccc34)n(-c3ccccc3)n2)cc1. The van der Waals surface area contributed by atoms with Gasteiger partial charge in [-0.25, -0.2) is 9.67 Å². The number of para-hydroxylation sites is 1. The zero-order chi connectivity index (χ0) is 25.7. The maximum Gasteiger partial charge on any atom is 0.156 e. The van der Waals surface area contributed by atoms with Crippen LogP contribution in [0.2, 0.25) is 0 Å². The highest BCUT2D eigenvalue weighted by atomic mass is 16.5. The zero-order valence-corrected chi connectivity index (χ0v) is 21.2. The molecule has 6 rings (SSSR count). The summed E-state index contributed by atoms with van der Waals surface area (Å²) in [6.07, 6.45) is 1.90. The van der Waals surface area contributed by atoms with Gasteiger partial charge in [0.05, 0.1) is 11.4 Å². The van der Waals surface area contributed by atoms with E-state index >= 15 is 0 Å². The molecule has 0 radical (unpaired) electrons. The number of ether oxygens (including phenoxy) is 1. The second kappa shape index (κ2) is 10.6. The number of nitrogens with zero attached hydrogens (tertiary/aromatic N) is 3. The number of aryl methyl sites for hydroxylation is 1. The van der Waals surface area contributed by atoms with Gasteiger partial charge in [0.2, 0.25) is 0 Å². The van der Waals surface area contributed by atoms with Crippen LogP contribution in [-0.2, 0) is 6.61 Å². The van der Waals surface area contributed by atoms with E-state index < -0.39 is 0 Å². The van der Waals surface area contributed by atoms with Gasteiger partial charge in [0.15, 0.2) is 5.82 Å². The Bertz CT molecular complexity index is 1700. The molecule has 0 bridgehead atoms. The van der Waals surface area contributed by atoms with Gasteiger partial charge in [0, 0.05) is 23.4 Å². The lowest BCUT2D eigenvalue weighted by molar-refractivity contribution is 0.306. The Balaban J connectivity index is 1.43. The molecular weight excluding hydrogens is 466 g/mol. The van der Waals surface area contributed by atoms with Crippen molar-refractivity contribution in [2.45, 2.75) is 13.5 Å². The summed E-state index contributed by atoms with van der Waals surface area (Å²) in [6.45, 7) is 2.57. The minimum atomic E-state index is 0.486. The summed E-state index contributed by atoms with van der Waals surface area (Å²) in [5, 5.41) is 7.15. The predicted molar refractivity (Wildman–Crippen MR) is 156 cm³/mol. The van der Waals surface area contributed by atoms with Gasteiger partial charge in [0.1, 0.15) is 12.4 Å². The molecule has 0 atom stereocenters. The number of fused-ring (bicyclic) bond motifs is 1. The summed E-state index contributed by atoms with van der Waals surface area (Å²) in [7, 11) is 0. The molecule has 0 saturated carbocycles. The topological polar surface area (TPSA) is 39.4 Å². The summed E-state index contributed by atoms with van der Waals surface area (Å²) in [5.41, 5.74) is 6.16. The van der Waals surface area contributed by atoms with Crippen LogP contribution in [0.5, 0.6) is 5.75 Å². The van der Waals surface area contributed by atoms with E-state index in [2.05, 4.69) is 61.5 Å². The third-order valence-electron chi connectivity index (χ3n) is 6.53. The molecule has 0 aliphatic rings. The van der Waals surface area contributed by atoms with Crippen LogP contribution in [0.4, 0.5) is 5.82 Å². The van der Waals surface area contributed by atoms with Gasteiger partial charge in [-0.05, 0) is 41.5 Å². The number of aromatic nitrogens is 2. The molecule has 6 aromatic rings. The van der Waals surface area contributed by atoms with Gasteiger partial charge < -0.3 is 4.74 Å². The molecule has 0 amide bonds. The number of hydrogen-bond donors (Lipinski definition) is 0. The molecule has 0 aliphatic carbocycles. The Morgan fingerprint density at radius 1 is 0.763 bits per heavy atom. The largest absolute Gasteiger partial charge is 0.488 e. The second-order valence-electron chi connectivity index (χ2n) is 9.23. The van der Waals surface area contributed by atoms with E-state index in [4.69, 9.17) is 14.8 Å². The van der Waals surface area contributed by atoms with Crippen molar-refractivity contribution >= 4 is 22.8 Å². The van der Waals surface area contributed by atoms with Crippen molar-refractivity contribution in [3.63, 3.8) is 0 Å². The van der Waals surface area contributed by atoms with E-state index in [1.807, 2.05) is 83.7 Å². The molecule has 1 heterocycles. The molecule has 0 aliphatic heterocycles. The molecule has 4 heteroatoms. The fourth-order valence-corrected chi connectivity index (χ4v) is 4.49. The molecule has 0 spiro atoms. The van der Waals surface area contributed by atoms with Crippen LogP contribution in [-0.4, -0.2) is 16.0 Å². The van der Waals surface area contributed by atoms with Gasteiger partial charge in [-0.3, -0.25) is 0 Å². The summed E-state index contributed by atoms with van der Waals surface area (Å²) in [5.74, 6) is 1.54. The van der Waals surface area contributed by atoms with Gasteiger partial charge in [-0.15, -0.1) is 0 Å². The molecule has 1 aromatic heterocycles. The van der Waals surface area contributed by atoms with Crippen LogP contribution in [0.25, 0.3) is 27.7 Å². The Morgan fingerprint density at radius 3 is 2.26 bits per heavy atom. The van der Waals surface area contributed by atoms with Crippen LogP contribution < -0.4 is 4.74 Å². The van der Waals surface area contributed by atoms with Crippen molar-refractivity contribution in [2.75, 3.05) is 0 Å². The third-order valence-corrected chi connectivity index (χ3v) is 6.53. The lowest BCUT2D eigenvalue weighted by Gasteiger charge is -2.12. The van der Waals surface area contributed by atoms with Crippen LogP contribution in [0.1, 0.15) is 16.7 Å². The molecule has 38 heavy (non-hydrogen) atoms. The Morgan fingerprint density at radius 2 is 1.47 bits per heavy atom. The number of hydrogen-bond acceptors (Lipinski definition) is 3. The summed E-state index contributed by atoms with van der Waals surface area (Å²) >= 11 is 0. The van der Waals surface area contributed by atoms with Crippen LogP contribution in [0.15, 0.2) is 132 Å². The number of aliphatic imine (C=N–C) groups is 1. The summed E-state index contributed by atoms with van der Waals surface area (Å²) < 4.78 is 8.20. The fraction of sp³-hybridized carbons (Fsp3) is 0.0588. The van der Waals surface area contributed by atoms with Crippen molar-refractivity contribution in [1.82, 2.24) is 9.78 Å². The number of benzene rings is 5. The first kappa shape index (κ1) is 23.4. The highest BCUT2D eigenvalue weighted by molar-refractivity contribution is 6.03. The zero-order valence-electron chi connectivity index (χ0n) is 21.2. The highest BCUT2D eigenvalue weighted by Gasteiger charge is 2.12. The highest BCUT2D eigenvalue weighted by Crippen LogP contribution is 2.30. The monoisotopic (exact) mass is 493 g/mol. The smallest absolute Gasteiger partial charge is 0.156 e. The molecule has 4 nitrogen and oxygen atoms in total. The average Bonchev–Trinajstić information content (AvgIpc) is 3.40. The van der Waals surface area contributed by atoms with Gasteiger partial charge in [-0.2, -0.15) is 5.10 Å². The molecule has 0 N–H and O–H groups in total. The van der Waals surface area contributed by atoms with E-state index in [0.717, 1.165) is 50.4 Å². The second-order valence-corrected chi connectivity index (χ2v) is 9.23. The summed E-state index contributed by atoms with van der Waals surface area (Å²) in [6, 6.07) is 43.2. The van der Waals surface area contributed by atoms with Crippen LogP contribution in [0, 0.1) is 6.92 Å². The standard InChI is InChI=1S/C34H27N3O/c1-25-16-18-28(19-17-25)32-22-34(37(36-32)29-13-6-3-7-14-29)35-23-31-30-15-9-8-12-27(30)20-21-33(31)38-24-26-10-4-2-5-11-26/h2-23H,24H2,1H3. The number of rotatable bonds is 7. The first-order valence-corrected chi connectivity index (χ1v) is 12.7. The fourth-order valence-electron chi connectivity index (χ4n) is 4.49. The van der Waals surface area contributed by atoms with Crippen molar-refractivity contribution in [2.24, 2.45) is 4.99 Å². The quantitative estimate of drug-likeness (QED) is 0.210. The Labute approximate surface area is 222 Å². The van der Waals surface area contributed by atoms with E-state index in [-0.39, 0.29) is 0 Å². The van der Waals surface area contributed by atoms with E-state index in [9.17, 15) is 0 Å². The van der Waals surface area contributed by atoms with Crippen molar-refractivity contribution < 1.29 is 4.74 Å². The van der Waals surface area contributed by atoms with Crippen LogP contribution in [0.3, 0.4) is 0 Å². The van der Waals surface area contributed by atoms with Crippen LogP contribution >= 0.6 is 0 Å². The first-order valence-electron chi connectivity index (χ1n) is 12.7. The van der Waals surface area contributed by atoms with Crippen molar-refractivity contribution in [1.29, 1.82) is 0 Å². The predicted octanol–water partition coefficient (Wildman–Crippen LogP) is 8.33. The molecule has 0 unspecified atom stereocenters. The Hall–Kier alpha value is -4.96. The summed E-state index contributed by atoms with van der Waals surface area (Å²) in [4.78, 5) is 4.98. The molecule has 0 fully saturated rings. The maximum atomic E-state index is 6.31. The van der Waals surface area contributed by atoms with E-state index in [1.165, 1.54) is 5.56 Å². The van der Waals surface area contributed by atoms with Gasteiger partial charge >= 0.3 is 0 Å². The first-order chi connectivity index (χ1) is 18.7. The van der Waals surface area contributed by atoms with Crippen molar-refractivity contribution in [3.05, 3.63) is 144 Å². The van der Waals surface area contributed by atoms with Gasteiger partial charge in [-0.1, -0.05) is 109 Å². The molecule has 0 saturated heterocycles. The van der Waals surface area contributed by atoms with Gasteiger partial charge in [0.25, 0.3) is 0 Å². The minimum Gasteiger partial charge on any atom is -0.488 e. The Kier molecular flexibility index (Phi) is 6.52. The average molecular weight is 494 g/mol. The third kappa shape index (κ3) is 4.97. The normalized spacial score (nSPS) is 11.3. The van der Waals surface area contributed by atoms with E-state index in [0.29, 0.717) is 6.61 Å². The van der Waals surface area contributed by atoms with Crippen molar-refractivity contribution in [3.8, 4) is 22.7 Å². The minimum absolute atomic E-state index is 0.486. The van der Waals surface area contributed by atoms with E-state index in [1.54, 1.807) is 0 Å².